The van der Waals surface area contributed by atoms with Crippen molar-refractivity contribution in [2.45, 2.75) is 38.2 Å². The molecular formula is C10H17NO2S. The molecule has 80 valence electrons. The first-order chi connectivity index (χ1) is 6.64. The number of hydrogen-bond acceptors (Lipinski definition) is 3. The van der Waals surface area contributed by atoms with Crippen molar-refractivity contribution in [3.8, 4) is 0 Å². The monoisotopic (exact) mass is 215 g/mol. The van der Waals surface area contributed by atoms with Gasteiger partial charge in [0.1, 0.15) is 5.60 Å². The first-order valence-corrected chi connectivity index (χ1v) is 5.85. The lowest BCUT2D eigenvalue weighted by Crippen LogP contribution is -2.40. The van der Waals surface area contributed by atoms with Crippen molar-refractivity contribution < 1.29 is 9.53 Å². The Hall–Kier alpha value is -0.380. The Kier molecular flexibility index (Phi) is 2.64. The Morgan fingerprint density at radius 2 is 2.43 bits per heavy atom. The lowest BCUT2D eigenvalue weighted by atomic mass is 9.86. The minimum atomic E-state index is -0.324. The maximum atomic E-state index is 11.3. The van der Waals surface area contributed by atoms with E-state index in [1.54, 1.807) is 0 Å². The van der Waals surface area contributed by atoms with E-state index in [4.69, 9.17) is 4.74 Å². The number of nitrogens with one attached hydrogen (secondary N) is 1. The van der Waals surface area contributed by atoms with Gasteiger partial charge < -0.3 is 10.1 Å². The van der Waals surface area contributed by atoms with E-state index in [9.17, 15) is 4.79 Å². The van der Waals surface area contributed by atoms with Gasteiger partial charge in [-0.2, -0.15) is 12.6 Å². The van der Waals surface area contributed by atoms with Crippen molar-refractivity contribution in [1.82, 2.24) is 5.32 Å². The summed E-state index contributed by atoms with van der Waals surface area (Å²) in [5, 5.41) is 2.56. The van der Waals surface area contributed by atoms with Crippen LogP contribution in [0.5, 0.6) is 0 Å². The van der Waals surface area contributed by atoms with Gasteiger partial charge >= 0.3 is 6.09 Å². The smallest absolute Gasteiger partial charge is 0.408 e. The number of thiol groups is 1. The van der Waals surface area contributed by atoms with Crippen molar-refractivity contribution in [3.63, 3.8) is 0 Å². The van der Waals surface area contributed by atoms with E-state index < -0.39 is 0 Å². The number of carbonyl (C=O) groups is 1. The second kappa shape index (κ2) is 3.65. The summed E-state index contributed by atoms with van der Waals surface area (Å²) < 4.78 is 5.47. The summed E-state index contributed by atoms with van der Waals surface area (Å²) in [5.41, 5.74) is -0.212. The van der Waals surface area contributed by atoms with Crippen LogP contribution in [0.4, 0.5) is 4.79 Å². The van der Waals surface area contributed by atoms with Crippen LogP contribution >= 0.6 is 12.6 Å². The molecule has 0 saturated heterocycles. The fourth-order valence-corrected chi connectivity index (χ4v) is 3.12. The molecule has 3 atom stereocenters. The predicted molar refractivity (Wildman–Crippen MR) is 57.3 cm³/mol. The van der Waals surface area contributed by atoms with Crippen LogP contribution in [0.15, 0.2) is 0 Å². The van der Waals surface area contributed by atoms with E-state index in [2.05, 4.69) is 24.9 Å². The van der Waals surface area contributed by atoms with Gasteiger partial charge in [0.2, 0.25) is 0 Å². The molecule has 2 rings (SSSR count). The summed E-state index contributed by atoms with van der Waals surface area (Å²) in [6.07, 6.45) is 4.49. The van der Waals surface area contributed by atoms with Crippen LogP contribution in [0.3, 0.4) is 0 Å². The highest BCUT2D eigenvalue weighted by Crippen LogP contribution is 2.52. The summed E-state index contributed by atoms with van der Waals surface area (Å²) in [7, 11) is 0. The molecule has 4 heteroatoms. The molecular weight excluding hydrogens is 198 g/mol. The molecule has 2 saturated carbocycles. The van der Waals surface area contributed by atoms with Gasteiger partial charge in [0, 0.05) is 0 Å². The zero-order chi connectivity index (χ0) is 10.2. The molecule has 14 heavy (non-hydrogen) atoms. The minimum absolute atomic E-state index is 0.212. The number of alkyl carbamates (subject to hydrolysis) is 1. The summed E-state index contributed by atoms with van der Waals surface area (Å²) in [6.45, 7) is 2.06. The van der Waals surface area contributed by atoms with Gasteiger partial charge in [0.25, 0.3) is 0 Å². The number of ether oxygens (including phenoxy) is 1. The normalized spacial score (nSPS) is 39.9. The van der Waals surface area contributed by atoms with Crippen LogP contribution in [-0.4, -0.2) is 17.6 Å². The van der Waals surface area contributed by atoms with Crippen LogP contribution in [0.2, 0.25) is 0 Å². The number of amides is 1. The molecule has 3 nitrogen and oxygen atoms in total. The summed E-state index contributed by atoms with van der Waals surface area (Å²) >= 11 is 3.93. The lowest BCUT2D eigenvalue weighted by molar-refractivity contribution is -0.0150. The first kappa shape index (κ1) is 10.1. The zero-order valence-corrected chi connectivity index (χ0v) is 9.35. The Labute approximate surface area is 90.0 Å². The second-order valence-corrected chi connectivity index (χ2v) is 4.93. The van der Waals surface area contributed by atoms with Crippen LogP contribution < -0.4 is 5.32 Å². The van der Waals surface area contributed by atoms with Gasteiger partial charge in [-0.1, -0.05) is 0 Å². The molecule has 0 radical (unpaired) electrons. The van der Waals surface area contributed by atoms with Crippen LogP contribution in [-0.2, 0) is 4.74 Å². The molecule has 2 aliphatic rings. The molecule has 1 amide bonds. The fourth-order valence-electron chi connectivity index (χ4n) is 2.99. The molecule has 0 aromatic heterocycles. The van der Waals surface area contributed by atoms with Gasteiger partial charge in [-0.15, -0.1) is 0 Å². The Morgan fingerprint density at radius 3 is 2.93 bits per heavy atom. The van der Waals surface area contributed by atoms with E-state index in [1.165, 1.54) is 19.3 Å². The third-order valence-electron chi connectivity index (χ3n) is 3.65. The van der Waals surface area contributed by atoms with Crippen LogP contribution in [0.25, 0.3) is 0 Å². The zero-order valence-electron chi connectivity index (χ0n) is 8.45. The summed E-state index contributed by atoms with van der Waals surface area (Å²) in [6, 6.07) is 0. The molecule has 0 aliphatic heterocycles. The highest BCUT2D eigenvalue weighted by atomic mass is 32.1. The molecule has 0 aromatic carbocycles. The Morgan fingerprint density at radius 1 is 1.64 bits per heavy atom. The third-order valence-corrected chi connectivity index (χ3v) is 3.81. The molecule has 2 fully saturated rings. The summed E-state index contributed by atoms with van der Waals surface area (Å²) in [4.78, 5) is 11.3. The highest BCUT2D eigenvalue weighted by Gasteiger charge is 2.50. The van der Waals surface area contributed by atoms with Gasteiger partial charge in [0.05, 0.1) is 5.88 Å². The average molecular weight is 215 g/mol. The number of fused-ring (bicyclic) bond motifs is 2. The van der Waals surface area contributed by atoms with Crippen molar-refractivity contribution in [2.75, 3.05) is 5.88 Å². The topological polar surface area (TPSA) is 38.3 Å². The van der Waals surface area contributed by atoms with Gasteiger partial charge in [-0.25, -0.2) is 4.79 Å². The molecule has 1 N–H and O–H groups in total. The number of hydrogen-bond donors (Lipinski definition) is 2. The number of rotatable bonds is 2. The molecule has 0 aromatic rings. The van der Waals surface area contributed by atoms with E-state index >= 15 is 0 Å². The third kappa shape index (κ3) is 1.72. The molecule has 2 bridgehead atoms. The van der Waals surface area contributed by atoms with Crippen molar-refractivity contribution in [1.29, 1.82) is 0 Å². The average Bonchev–Trinajstić information content (AvgIpc) is 2.62. The Bertz CT molecular complexity index is 246. The first-order valence-electron chi connectivity index (χ1n) is 5.22. The second-order valence-electron chi connectivity index (χ2n) is 4.62. The van der Waals surface area contributed by atoms with Crippen molar-refractivity contribution in [3.05, 3.63) is 0 Å². The van der Waals surface area contributed by atoms with E-state index in [1.807, 2.05) is 0 Å². The largest absolute Gasteiger partial charge is 0.443 e. The van der Waals surface area contributed by atoms with E-state index in [0.717, 1.165) is 12.3 Å². The molecule has 2 aliphatic carbocycles. The maximum absolute atomic E-state index is 11.3. The van der Waals surface area contributed by atoms with E-state index in [-0.39, 0.29) is 11.7 Å². The van der Waals surface area contributed by atoms with E-state index in [0.29, 0.717) is 11.8 Å². The summed E-state index contributed by atoms with van der Waals surface area (Å²) in [5.74, 6) is 1.70. The van der Waals surface area contributed by atoms with Crippen LogP contribution in [0, 0.1) is 11.8 Å². The van der Waals surface area contributed by atoms with Crippen molar-refractivity contribution >= 4 is 18.7 Å². The Balaban J connectivity index is 1.93. The van der Waals surface area contributed by atoms with Gasteiger partial charge in [-0.3, -0.25) is 0 Å². The quantitative estimate of drug-likeness (QED) is 0.547. The SMILES string of the molecule is CC1(OC(=O)NCS)CC2CCC1C2. The minimum Gasteiger partial charge on any atom is -0.443 e. The van der Waals surface area contributed by atoms with Crippen molar-refractivity contribution in [2.24, 2.45) is 11.8 Å². The predicted octanol–water partition coefficient (Wildman–Crippen LogP) is 2.18. The fraction of sp³-hybridized carbons (Fsp3) is 0.900. The maximum Gasteiger partial charge on any atom is 0.408 e. The highest BCUT2D eigenvalue weighted by molar-refractivity contribution is 7.80. The lowest BCUT2D eigenvalue weighted by Gasteiger charge is -2.33. The molecule has 0 spiro atoms. The van der Waals surface area contributed by atoms with Gasteiger partial charge in [0.15, 0.2) is 0 Å². The van der Waals surface area contributed by atoms with Gasteiger partial charge in [-0.05, 0) is 44.4 Å². The molecule has 3 unspecified atom stereocenters. The van der Waals surface area contributed by atoms with Crippen LogP contribution in [0.1, 0.15) is 32.6 Å². The molecule has 0 heterocycles. The standard InChI is InChI=1S/C10H17NO2S/c1-10(13-9(12)11-6-14)5-7-2-3-8(10)4-7/h7-8,14H,2-6H2,1H3,(H,11,12). The number of carbonyl (C=O) groups excluding carboxylic acids is 1.